The number of carbonyl (C=O) groups is 3. The van der Waals surface area contributed by atoms with Crippen LogP contribution in [0.2, 0.25) is 0 Å². The van der Waals surface area contributed by atoms with Crippen molar-refractivity contribution in [3.05, 3.63) is 88.5 Å². The van der Waals surface area contributed by atoms with E-state index in [1.807, 2.05) is 18.2 Å². The molecule has 0 fully saturated rings. The van der Waals surface area contributed by atoms with Crippen LogP contribution in [0.1, 0.15) is 25.0 Å². The molecule has 1 amide bonds. The number of anilines is 1. The summed E-state index contributed by atoms with van der Waals surface area (Å²) < 4.78 is 11.0. The number of fused-ring (bicyclic) bond motifs is 2. The number of rotatable bonds is 4. The first-order chi connectivity index (χ1) is 14.4. The van der Waals surface area contributed by atoms with Crippen LogP contribution in [0.5, 0.6) is 0 Å². The van der Waals surface area contributed by atoms with Gasteiger partial charge in [0.1, 0.15) is 23.4 Å². The molecule has 2 aliphatic rings. The van der Waals surface area contributed by atoms with Gasteiger partial charge in [0.2, 0.25) is 11.8 Å². The fourth-order valence-electron chi connectivity index (χ4n) is 4.16. The first-order valence-electron chi connectivity index (χ1n) is 9.39. The second-order valence-electron chi connectivity index (χ2n) is 7.14. The molecule has 7 heteroatoms. The van der Waals surface area contributed by atoms with Crippen molar-refractivity contribution in [3.63, 3.8) is 0 Å². The molecular formula is C23H20N2O5. The number of para-hydroxylation sites is 1. The van der Waals surface area contributed by atoms with E-state index in [2.05, 4.69) is 5.32 Å². The number of esters is 1. The molecule has 2 aromatic rings. The SMILES string of the molecule is CC(=O)C1=C(C)OC(N)=C(C(=O)OCc2ccccc2)[C@]12C(=O)Nc1ccccc12. The molecule has 2 heterocycles. The molecule has 0 saturated carbocycles. The summed E-state index contributed by atoms with van der Waals surface area (Å²) in [5.74, 6) is -1.87. The van der Waals surface area contributed by atoms with Gasteiger partial charge in [-0.1, -0.05) is 48.5 Å². The lowest BCUT2D eigenvalue weighted by atomic mass is 9.67. The first-order valence-corrected chi connectivity index (χ1v) is 9.39. The van der Waals surface area contributed by atoms with Crippen LogP contribution in [-0.2, 0) is 35.9 Å². The number of Topliss-reactive ketones (excluding diaryl/α,β-unsaturated/α-hetero) is 1. The molecule has 7 nitrogen and oxygen atoms in total. The van der Waals surface area contributed by atoms with Crippen LogP contribution < -0.4 is 11.1 Å². The van der Waals surface area contributed by atoms with Crippen molar-refractivity contribution in [2.45, 2.75) is 25.9 Å². The second kappa shape index (κ2) is 7.18. The highest BCUT2D eigenvalue weighted by Crippen LogP contribution is 2.52. The van der Waals surface area contributed by atoms with Crippen molar-refractivity contribution in [2.24, 2.45) is 5.73 Å². The van der Waals surface area contributed by atoms with Gasteiger partial charge in [-0.15, -0.1) is 0 Å². The number of hydrogen-bond acceptors (Lipinski definition) is 6. The van der Waals surface area contributed by atoms with Crippen LogP contribution in [0, 0.1) is 0 Å². The van der Waals surface area contributed by atoms with Crippen molar-refractivity contribution in [1.29, 1.82) is 0 Å². The highest BCUT2D eigenvalue weighted by Gasteiger charge is 2.60. The van der Waals surface area contributed by atoms with E-state index >= 15 is 0 Å². The van der Waals surface area contributed by atoms with Crippen LogP contribution in [0.4, 0.5) is 5.69 Å². The number of hydrogen-bond donors (Lipinski definition) is 2. The molecule has 30 heavy (non-hydrogen) atoms. The van der Waals surface area contributed by atoms with Crippen LogP contribution >= 0.6 is 0 Å². The number of nitrogens with one attached hydrogen (secondary N) is 1. The summed E-state index contributed by atoms with van der Waals surface area (Å²) in [6, 6.07) is 16.0. The number of nitrogens with two attached hydrogens (primary N) is 1. The van der Waals surface area contributed by atoms with E-state index < -0.39 is 23.1 Å². The molecule has 152 valence electrons. The number of ether oxygens (including phenoxy) is 2. The average Bonchev–Trinajstić information content (AvgIpc) is 2.99. The third kappa shape index (κ3) is 2.78. The fraction of sp³-hybridized carbons (Fsp3) is 0.174. The molecule has 0 saturated heterocycles. The Kier molecular flexibility index (Phi) is 4.66. The van der Waals surface area contributed by atoms with Crippen molar-refractivity contribution < 1.29 is 23.9 Å². The number of ketones is 1. The minimum atomic E-state index is -1.73. The van der Waals surface area contributed by atoms with Crippen molar-refractivity contribution in [3.8, 4) is 0 Å². The van der Waals surface area contributed by atoms with E-state index in [-0.39, 0.29) is 29.4 Å². The number of benzene rings is 2. The molecule has 2 aromatic carbocycles. The van der Waals surface area contributed by atoms with E-state index in [0.29, 0.717) is 11.3 Å². The van der Waals surface area contributed by atoms with Crippen LogP contribution in [0.25, 0.3) is 0 Å². The lowest BCUT2D eigenvalue weighted by Gasteiger charge is -2.35. The largest absolute Gasteiger partial charge is 0.457 e. The average molecular weight is 404 g/mol. The summed E-state index contributed by atoms with van der Waals surface area (Å²) in [6.45, 7) is 2.85. The van der Waals surface area contributed by atoms with Gasteiger partial charge in [0, 0.05) is 11.3 Å². The monoisotopic (exact) mass is 404 g/mol. The summed E-state index contributed by atoms with van der Waals surface area (Å²) >= 11 is 0. The minimum Gasteiger partial charge on any atom is -0.457 e. The Labute approximate surface area is 173 Å². The summed E-state index contributed by atoms with van der Waals surface area (Å²) in [6.07, 6.45) is 0. The smallest absolute Gasteiger partial charge is 0.341 e. The third-order valence-electron chi connectivity index (χ3n) is 5.30. The zero-order valence-corrected chi connectivity index (χ0v) is 16.5. The predicted octanol–water partition coefficient (Wildman–Crippen LogP) is 2.68. The molecule has 0 unspecified atom stereocenters. The quantitative estimate of drug-likeness (QED) is 0.759. The molecular weight excluding hydrogens is 384 g/mol. The zero-order chi connectivity index (χ0) is 21.5. The van der Waals surface area contributed by atoms with E-state index in [1.165, 1.54) is 6.92 Å². The van der Waals surface area contributed by atoms with Crippen molar-refractivity contribution in [1.82, 2.24) is 0 Å². The van der Waals surface area contributed by atoms with Gasteiger partial charge in [0.15, 0.2) is 5.78 Å². The van der Waals surface area contributed by atoms with Gasteiger partial charge in [-0.2, -0.15) is 0 Å². The van der Waals surface area contributed by atoms with Gasteiger partial charge >= 0.3 is 5.97 Å². The molecule has 0 radical (unpaired) electrons. The van der Waals surface area contributed by atoms with Crippen LogP contribution in [0.15, 0.2) is 77.4 Å². The van der Waals surface area contributed by atoms with Crippen LogP contribution in [0.3, 0.4) is 0 Å². The van der Waals surface area contributed by atoms with E-state index in [0.717, 1.165) is 5.56 Å². The molecule has 0 aliphatic carbocycles. The maximum atomic E-state index is 13.4. The molecule has 4 rings (SSSR count). The lowest BCUT2D eigenvalue weighted by Crippen LogP contribution is -2.47. The van der Waals surface area contributed by atoms with E-state index in [4.69, 9.17) is 15.2 Å². The molecule has 1 atom stereocenters. The van der Waals surface area contributed by atoms with Crippen molar-refractivity contribution >= 4 is 23.3 Å². The maximum Gasteiger partial charge on any atom is 0.341 e. The van der Waals surface area contributed by atoms with Gasteiger partial charge in [-0.05, 0) is 25.5 Å². The normalized spacial score (nSPS) is 20.0. The number of amides is 1. The summed E-state index contributed by atoms with van der Waals surface area (Å²) in [7, 11) is 0. The van der Waals surface area contributed by atoms with Gasteiger partial charge < -0.3 is 20.5 Å². The Morgan fingerprint density at radius 2 is 1.73 bits per heavy atom. The summed E-state index contributed by atoms with van der Waals surface area (Å²) in [5.41, 5.74) is 5.96. The molecule has 3 N–H and O–H groups in total. The maximum absolute atomic E-state index is 13.4. The molecule has 2 aliphatic heterocycles. The third-order valence-corrected chi connectivity index (χ3v) is 5.30. The minimum absolute atomic E-state index is 0.0199. The fourth-order valence-corrected chi connectivity index (χ4v) is 4.16. The predicted molar refractivity (Wildman–Crippen MR) is 109 cm³/mol. The Hall–Kier alpha value is -3.87. The van der Waals surface area contributed by atoms with E-state index in [9.17, 15) is 14.4 Å². The number of carbonyl (C=O) groups excluding carboxylic acids is 3. The van der Waals surface area contributed by atoms with Gasteiger partial charge in [0.25, 0.3) is 0 Å². The molecule has 1 spiro atoms. The zero-order valence-electron chi connectivity index (χ0n) is 16.5. The van der Waals surface area contributed by atoms with Gasteiger partial charge in [0.05, 0.1) is 5.57 Å². The van der Waals surface area contributed by atoms with Gasteiger partial charge in [-0.3, -0.25) is 9.59 Å². The number of allylic oxidation sites excluding steroid dienone is 1. The van der Waals surface area contributed by atoms with Crippen LogP contribution in [-0.4, -0.2) is 17.7 Å². The Balaban J connectivity index is 1.86. The topological polar surface area (TPSA) is 108 Å². The standard InChI is InChI=1S/C23H20N2O5/c1-13(26)18-14(2)30-20(24)19(21(27)29-12-15-8-4-3-5-9-15)23(18)16-10-6-7-11-17(16)25-22(23)28/h3-11H,12,24H2,1-2H3,(H,25,28)/t23-/m1/s1. The Morgan fingerprint density at radius 3 is 2.43 bits per heavy atom. The Bertz CT molecular complexity index is 1130. The highest BCUT2D eigenvalue weighted by molar-refractivity contribution is 6.22. The van der Waals surface area contributed by atoms with Crippen molar-refractivity contribution in [2.75, 3.05) is 5.32 Å². The second-order valence-corrected chi connectivity index (χ2v) is 7.14. The summed E-state index contributed by atoms with van der Waals surface area (Å²) in [4.78, 5) is 39.2. The summed E-state index contributed by atoms with van der Waals surface area (Å²) in [5, 5.41) is 2.76. The first kappa shape index (κ1) is 19.4. The van der Waals surface area contributed by atoms with E-state index in [1.54, 1.807) is 43.3 Å². The highest BCUT2D eigenvalue weighted by atomic mass is 16.5. The lowest BCUT2D eigenvalue weighted by molar-refractivity contribution is -0.142. The molecule has 0 bridgehead atoms. The van der Waals surface area contributed by atoms with Gasteiger partial charge in [-0.25, -0.2) is 4.79 Å². The molecule has 0 aromatic heterocycles. The Morgan fingerprint density at radius 1 is 1.07 bits per heavy atom.